The second-order valence-electron chi connectivity index (χ2n) is 4.60. The van der Waals surface area contributed by atoms with Gasteiger partial charge in [0, 0.05) is 0 Å². The highest BCUT2D eigenvalue weighted by molar-refractivity contribution is 7.90. The molecule has 0 aromatic carbocycles. The molecule has 0 amide bonds. The topological polar surface area (TPSA) is 70.0 Å². The summed E-state index contributed by atoms with van der Waals surface area (Å²) in [5.74, 6) is 0. The molecule has 0 atom stereocenters. The highest BCUT2D eigenvalue weighted by atomic mass is 32.2. The van der Waals surface area contributed by atoms with Crippen LogP contribution in [-0.2, 0) is 10.0 Å². The van der Waals surface area contributed by atoms with Gasteiger partial charge in [0.05, 0.1) is 11.3 Å². The van der Waals surface area contributed by atoms with Gasteiger partial charge >= 0.3 is 0 Å². The number of sulfonamides is 1. The Kier molecular flexibility index (Phi) is 2.73. The van der Waals surface area contributed by atoms with Crippen LogP contribution in [0.25, 0.3) is 0 Å². The standard InChI is InChI=1S/C10H16N2O2S/c11-8-10(6-2-1-3-7-10)12-15(13,14)9-4-5-9/h9,12H,1-7H2. The summed E-state index contributed by atoms with van der Waals surface area (Å²) in [6.07, 6.45) is 5.81. The Morgan fingerprint density at radius 2 is 1.80 bits per heavy atom. The lowest BCUT2D eigenvalue weighted by Crippen LogP contribution is -2.49. The molecule has 1 N–H and O–H groups in total. The molecule has 0 unspecified atom stereocenters. The Morgan fingerprint density at radius 1 is 1.20 bits per heavy atom. The van der Waals surface area contributed by atoms with Crippen LogP contribution in [-0.4, -0.2) is 19.2 Å². The molecule has 0 heterocycles. The molecule has 2 aliphatic rings. The fourth-order valence-electron chi connectivity index (χ4n) is 2.13. The lowest BCUT2D eigenvalue weighted by molar-refractivity contribution is 0.338. The van der Waals surface area contributed by atoms with E-state index in [1.54, 1.807) is 0 Å². The summed E-state index contributed by atoms with van der Waals surface area (Å²) in [5.41, 5.74) is -0.806. The summed E-state index contributed by atoms with van der Waals surface area (Å²) < 4.78 is 26.2. The third kappa shape index (κ3) is 2.32. The molecular formula is C10H16N2O2S. The summed E-state index contributed by atoms with van der Waals surface area (Å²) in [5, 5.41) is 8.90. The van der Waals surface area contributed by atoms with E-state index >= 15 is 0 Å². The molecule has 2 aliphatic carbocycles. The van der Waals surface area contributed by atoms with Gasteiger partial charge in [-0.15, -0.1) is 0 Å². The lowest BCUT2D eigenvalue weighted by Gasteiger charge is -2.31. The minimum atomic E-state index is -3.23. The molecule has 0 saturated heterocycles. The van der Waals surface area contributed by atoms with E-state index in [0.717, 1.165) is 32.1 Å². The van der Waals surface area contributed by atoms with E-state index in [9.17, 15) is 8.42 Å². The van der Waals surface area contributed by atoms with E-state index in [1.165, 1.54) is 0 Å². The maximum absolute atomic E-state index is 11.8. The van der Waals surface area contributed by atoms with E-state index in [2.05, 4.69) is 10.8 Å². The summed E-state index contributed by atoms with van der Waals surface area (Å²) >= 11 is 0. The Hall–Kier alpha value is -0.600. The van der Waals surface area contributed by atoms with E-state index in [-0.39, 0.29) is 5.25 Å². The summed E-state index contributed by atoms with van der Waals surface area (Å²) in [7, 11) is -3.23. The fourth-order valence-corrected chi connectivity index (χ4v) is 3.84. The van der Waals surface area contributed by atoms with Crippen LogP contribution in [0, 0.1) is 11.3 Å². The first-order valence-corrected chi connectivity index (χ1v) is 7.07. The van der Waals surface area contributed by atoms with Gasteiger partial charge in [0.1, 0.15) is 5.54 Å². The van der Waals surface area contributed by atoms with E-state index in [1.807, 2.05) is 0 Å². The maximum Gasteiger partial charge on any atom is 0.215 e. The molecular weight excluding hydrogens is 212 g/mol. The van der Waals surface area contributed by atoms with Crippen molar-refractivity contribution in [2.45, 2.75) is 55.7 Å². The predicted octanol–water partition coefficient (Wildman–Crippen LogP) is 1.29. The first-order valence-electron chi connectivity index (χ1n) is 5.52. The molecule has 15 heavy (non-hydrogen) atoms. The van der Waals surface area contributed by atoms with Crippen molar-refractivity contribution in [3.8, 4) is 6.07 Å². The Balaban J connectivity index is 2.10. The maximum atomic E-state index is 11.8. The number of nitriles is 1. The predicted molar refractivity (Wildman–Crippen MR) is 56.5 cm³/mol. The molecule has 2 rings (SSSR count). The molecule has 0 spiro atoms. The van der Waals surface area contributed by atoms with E-state index in [4.69, 9.17) is 5.26 Å². The van der Waals surface area contributed by atoms with Gasteiger partial charge in [-0.3, -0.25) is 0 Å². The molecule has 0 aromatic heterocycles. The second kappa shape index (κ2) is 3.76. The van der Waals surface area contributed by atoms with Crippen molar-refractivity contribution in [3.63, 3.8) is 0 Å². The summed E-state index contributed by atoms with van der Waals surface area (Å²) in [6.45, 7) is 0. The third-order valence-electron chi connectivity index (χ3n) is 3.22. The number of hydrogen-bond acceptors (Lipinski definition) is 3. The molecule has 0 radical (unpaired) electrons. The second-order valence-corrected chi connectivity index (χ2v) is 6.56. The van der Waals surface area contributed by atoms with Crippen LogP contribution in [0.2, 0.25) is 0 Å². The van der Waals surface area contributed by atoms with Crippen LogP contribution < -0.4 is 4.72 Å². The number of nitrogens with zero attached hydrogens (tertiary/aromatic N) is 1. The highest BCUT2D eigenvalue weighted by Crippen LogP contribution is 2.33. The van der Waals surface area contributed by atoms with Crippen LogP contribution in [0.1, 0.15) is 44.9 Å². The quantitative estimate of drug-likeness (QED) is 0.791. The summed E-state index contributed by atoms with van der Waals surface area (Å²) in [6, 6.07) is 2.17. The largest absolute Gasteiger partial charge is 0.215 e. The van der Waals surface area contributed by atoms with Crippen LogP contribution in [0.5, 0.6) is 0 Å². The smallest absolute Gasteiger partial charge is 0.212 e. The highest BCUT2D eigenvalue weighted by Gasteiger charge is 2.42. The number of rotatable bonds is 3. The number of nitrogens with one attached hydrogen (secondary N) is 1. The van der Waals surface area contributed by atoms with Crippen molar-refractivity contribution in [2.24, 2.45) is 0 Å². The monoisotopic (exact) mass is 228 g/mol. The van der Waals surface area contributed by atoms with Crippen molar-refractivity contribution >= 4 is 10.0 Å². The first kappa shape index (κ1) is 10.9. The van der Waals surface area contributed by atoms with Gasteiger partial charge in [-0.1, -0.05) is 19.3 Å². The molecule has 0 aromatic rings. The van der Waals surface area contributed by atoms with Crippen molar-refractivity contribution in [3.05, 3.63) is 0 Å². The van der Waals surface area contributed by atoms with Crippen molar-refractivity contribution in [1.29, 1.82) is 5.26 Å². The van der Waals surface area contributed by atoms with Crippen molar-refractivity contribution < 1.29 is 8.42 Å². The zero-order valence-corrected chi connectivity index (χ0v) is 9.52. The minimum Gasteiger partial charge on any atom is -0.212 e. The molecule has 2 saturated carbocycles. The van der Waals surface area contributed by atoms with Gasteiger partial charge in [0.2, 0.25) is 10.0 Å². The third-order valence-corrected chi connectivity index (χ3v) is 5.25. The van der Waals surface area contributed by atoms with Gasteiger partial charge in [0.15, 0.2) is 0 Å². The van der Waals surface area contributed by atoms with Crippen LogP contribution in [0.4, 0.5) is 0 Å². The fraction of sp³-hybridized carbons (Fsp3) is 0.900. The van der Waals surface area contributed by atoms with Crippen LogP contribution >= 0.6 is 0 Å². The molecule has 5 heteroatoms. The number of hydrogen-bond donors (Lipinski definition) is 1. The summed E-state index contributed by atoms with van der Waals surface area (Å²) in [4.78, 5) is 0. The normalized spacial score (nSPS) is 25.8. The Labute approximate surface area is 90.7 Å². The van der Waals surface area contributed by atoms with Gasteiger partial charge in [0.25, 0.3) is 0 Å². The molecule has 84 valence electrons. The van der Waals surface area contributed by atoms with Crippen molar-refractivity contribution in [2.75, 3.05) is 0 Å². The van der Waals surface area contributed by atoms with E-state index < -0.39 is 15.6 Å². The average Bonchev–Trinajstić information content (AvgIpc) is 3.02. The zero-order chi connectivity index (χ0) is 10.9. The van der Waals surface area contributed by atoms with E-state index in [0.29, 0.717) is 12.8 Å². The SMILES string of the molecule is N#CC1(NS(=O)(=O)C2CC2)CCCCC1. The Bertz CT molecular complexity index is 373. The lowest BCUT2D eigenvalue weighted by atomic mass is 9.84. The van der Waals surface area contributed by atoms with Gasteiger partial charge in [-0.2, -0.15) is 9.98 Å². The van der Waals surface area contributed by atoms with Crippen molar-refractivity contribution in [1.82, 2.24) is 4.72 Å². The average molecular weight is 228 g/mol. The van der Waals surface area contributed by atoms with Gasteiger partial charge < -0.3 is 0 Å². The first-order chi connectivity index (χ1) is 7.08. The molecule has 0 bridgehead atoms. The van der Waals surface area contributed by atoms with Gasteiger partial charge in [-0.05, 0) is 25.7 Å². The van der Waals surface area contributed by atoms with Crippen LogP contribution in [0.3, 0.4) is 0 Å². The Morgan fingerprint density at radius 3 is 2.27 bits per heavy atom. The molecule has 0 aliphatic heterocycles. The molecule has 4 nitrogen and oxygen atoms in total. The minimum absolute atomic E-state index is 0.232. The zero-order valence-electron chi connectivity index (χ0n) is 8.70. The van der Waals surface area contributed by atoms with Gasteiger partial charge in [-0.25, -0.2) is 8.42 Å². The van der Waals surface area contributed by atoms with Crippen LogP contribution in [0.15, 0.2) is 0 Å². The molecule has 2 fully saturated rings.